The summed E-state index contributed by atoms with van der Waals surface area (Å²) in [4.78, 5) is 25.3. The predicted molar refractivity (Wildman–Crippen MR) is 185 cm³/mol. The van der Waals surface area contributed by atoms with E-state index in [0.717, 1.165) is 25.4 Å². The van der Waals surface area contributed by atoms with Gasteiger partial charge in [-0.15, -0.1) is 0 Å². The Kier molecular flexibility index (Phi) is 12.2. The van der Waals surface area contributed by atoms with Gasteiger partial charge in [-0.1, -0.05) is 0 Å². The van der Waals surface area contributed by atoms with Crippen LogP contribution in [0.1, 0.15) is 42.3 Å². The minimum absolute atomic E-state index is 0.0427. The summed E-state index contributed by atoms with van der Waals surface area (Å²) in [6, 6.07) is 35.8. The molecule has 2 heterocycles. The Bertz CT molecular complexity index is 1480. The molecule has 9 nitrogen and oxygen atoms in total. The number of nitrogens with zero attached hydrogens (tertiary/aromatic N) is 1. The number of pyridine rings is 1. The van der Waals surface area contributed by atoms with Gasteiger partial charge in [-0.2, -0.15) is 4.57 Å². The molecule has 0 aliphatic carbocycles. The van der Waals surface area contributed by atoms with E-state index in [1.807, 2.05) is 0 Å². The topological polar surface area (TPSA) is 132 Å². The number of amides is 2. The van der Waals surface area contributed by atoms with Crippen molar-refractivity contribution in [3.8, 4) is 0 Å². The van der Waals surface area contributed by atoms with Crippen molar-refractivity contribution in [1.29, 1.82) is 0 Å². The number of aromatic nitrogens is 1. The second-order valence-corrected chi connectivity index (χ2v) is 16.0. The van der Waals surface area contributed by atoms with E-state index in [1.54, 1.807) is 18.3 Å². The van der Waals surface area contributed by atoms with Crippen molar-refractivity contribution < 1.29 is 34.2 Å². The summed E-state index contributed by atoms with van der Waals surface area (Å²) in [5.74, 6) is -0.387. The molecule has 248 valence electrons. The van der Waals surface area contributed by atoms with E-state index in [-0.39, 0.29) is 18.4 Å². The fourth-order valence-electron chi connectivity index (χ4n) is 6.43. The van der Waals surface area contributed by atoms with Crippen molar-refractivity contribution in [2.75, 3.05) is 25.9 Å². The van der Waals surface area contributed by atoms with E-state index >= 15 is 0 Å². The minimum atomic E-state index is -2.27. The van der Waals surface area contributed by atoms with Crippen molar-refractivity contribution in [3.63, 3.8) is 0 Å². The van der Waals surface area contributed by atoms with E-state index in [2.05, 4.69) is 102 Å². The number of carbonyl (C=O) groups excluding carboxylic acids is 2. The molecule has 1 fully saturated rings. The summed E-state index contributed by atoms with van der Waals surface area (Å²) >= 11 is 0. The summed E-state index contributed by atoms with van der Waals surface area (Å²) in [5.41, 5.74) is 0.331. The Hall–Kier alpha value is -3.98. The fraction of sp³-hybridized carbons (Fsp3) is 0.324. The third kappa shape index (κ3) is 8.30. The molecule has 47 heavy (non-hydrogen) atoms. The van der Waals surface area contributed by atoms with Gasteiger partial charge < -0.3 is 20.1 Å². The summed E-state index contributed by atoms with van der Waals surface area (Å²) in [6.45, 7) is 0.130. The van der Waals surface area contributed by atoms with Gasteiger partial charge in [0.05, 0.1) is 6.61 Å². The van der Waals surface area contributed by atoms with Crippen LogP contribution in [-0.4, -0.2) is 71.3 Å². The predicted octanol–water partition coefficient (Wildman–Crippen LogP) is 1.72. The summed E-state index contributed by atoms with van der Waals surface area (Å²) in [5, 5.41) is 39.5. The Balaban J connectivity index is 1.08. The first-order chi connectivity index (χ1) is 22.9. The quantitative estimate of drug-likeness (QED) is 0.0752. The summed E-state index contributed by atoms with van der Waals surface area (Å²) < 4.78 is 7.03. The van der Waals surface area contributed by atoms with Crippen LogP contribution in [0.15, 0.2) is 116 Å². The number of carbonyl (C=O) groups is 2. The van der Waals surface area contributed by atoms with Crippen LogP contribution < -0.4 is 31.1 Å². The number of nitrogens with one attached hydrogen (secondary N) is 2. The van der Waals surface area contributed by atoms with Crippen LogP contribution in [0.2, 0.25) is 0 Å². The Morgan fingerprint density at radius 3 is 1.85 bits per heavy atom. The van der Waals surface area contributed by atoms with Crippen molar-refractivity contribution in [3.05, 3.63) is 121 Å². The second-order valence-electron chi connectivity index (χ2n) is 11.9. The molecule has 1 saturated heterocycles. The van der Waals surface area contributed by atoms with Gasteiger partial charge in [-0.25, -0.2) is 0 Å². The first kappa shape index (κ1) is 34.4. The van der Waals surface area contributed by atoms with Gasteiger partial charge in [-0.05, 0) is 6.07 Å². The number of aliphatic hydroxyl groups is 3. The average molecular weight is 659 g/mol. The van der Waals surface area contributed by atoms with Crippen LogP contribution in [0.25, 0.3) is 0 Å². The zero-order chi connectivity index (χ0) is 33.1. The number of aliphatic hydroxyl groups excluding tert-OH is 3. The van der Waals surface area contributed by atoms with Crippen molar-refractivity contribution in [1.82, 2.24) is 10.6 Å². The molecule has 10 heteroatoms. The van der Waals surface area contributed by atoms with Gasteiger partial charge in [0.15, 0.2) is 18.5 Å². The van der Waals surface area contributed by atoms with E-state index in [0.29, 0.717) is 18.5 Å². The summed E-state index contributed by atoms with van der Waals surface area (Å²) in [6.07, 6.45) is 3.03. The Labute approximate surface area is 276 Å². The molecule has 4 atom stereocenters. The second kappa shape index (κ2) is 16.7. The van der Waals surface area contributed by atoms with Crippen LogP contribution in [0.4, 0.5) is 0 Å². The number of rotatable bonds is 15. The molecular weight excluding hydrogens is 613 g/mol. The average Bonchev–Trinajstić information content (AvgIpc) is 3.42. The molecule has 3 aromatic carbocycles. The number of hydrogen-bond donors (Lipinski definition) is 5. The van der Waals surface area contributed by atoms with Crippen molar-refractivity contribution in [2.45, 2.75) is 50.2 Å². The standard InChI is InChI=1S/C37H44N3O6P/c41-27-32-34(43)35(44)37(46-32)40-24-13-14-28(26-40)36(45)39-23-22-38-33(42)21-11-4-12-25-47(29-15-5-1-6-16-29,30-17-7-2-8-18-30)31-19-9-3-10-20-31/h1-3,5-10,13-20,24,26,32,34-35,37,41,43-44,47H,4,11-12,21-23,25,27H2,(H-,38,39,42,45)/p+1/t32-,34-,35-,37-/m1/s1. The molecule has 4 aromatic rings. The van der Waals surface area contributed by atoms with Gasteiger partial charge in [-0.3, -0.25) is 0 Å². The number of benzene rings is 3. The van der Waals surface area contributed by atoms with Gasteiger partial charge in [0.1, 0.15) is 12.2 Å². The van der Waals surface area contributed by atoms with Crippen molar-refractivity contribution >= 4 is 35.0 Å². The molecule has 0 unspecified atom stereocenters. The SMILES string of the molecule is O=C(CCCCC[PH](c1ccccc1)(c1ccccc1)c1ccccc1)NCCNC(=O)c1ccc[n+]([C@@H]2O[C@H](CO)[C@@H](O)[C@H]2O)c1. The number of ether oxygens (including phenoxy) is 1. The number of hydrogen-bond acceptors (Lipinski definition) is 6. The molecule has 5 rings (SSSR count). The van der Waals surface area contributed by atoms with Crippen LogP contribution in [0.5, 0.6) is 0 Å². The van der Waals surface area contributed by atoms with Gasteiger partial charge >= 0.3 is 197 Å². The van der Waals surface area contributed by atoms with Gasteiger partial charge in [0, 0.05) is 6.07 Å². The van der Waals surface area contributed by atoms with Crippen LogP contribution in [0, 0.1) is 0 Å². The molecule has 0 spiro atoms. The normalized spacial score (nSPS) is 19.6. The first-order valence-corrected chi connectivity index (χ1v) is 18.5. The Morgan fingerprint density at radius 1 is 0.723 bits per heavy atom. The smallest absolute Gasteiger partial charge is 0.394 e. The monoisotopic (exact) mass is 658 g/mol. The van der Waals surface area contributed by atoms with Gasteiger partial charge in [0.25, 0.3) is 6.23 Å². The first-order valence-electron chi connectivity index (χ1n) is 16.3. The third-order valence-corrected chi connectivity index (χ3v) is 13.9. The van der Waals surface area contributed by atoms with Gasteiger partial charge in [0.2, 0.25) is 0 Å². The van der Waals surface area contributed by atoms with Crippen molar-refractivity contribution in [2.24, 2.45) is 0 Å². The zero-order valence-corrected chi connectivity index (χ0v) is 27.4. The Morgan fingerprint density at radius 2 is 1.30 bits per heavy atom. The molecule has 0 radical (unpaired) electrons. The van der Waals surface area contributed by atoms with E-state index in [4.69, 9.17) is 4.74 Å². The van der Waals surface area contributed by atoms with E-state index in [9.17, 15) is 24.9 Å². The molecular formula is C37H45N3O6P+. The van der Waals surface area contributed by atoms with Crippen LogP contribution >= 0.6 is 7.26 Å². The molecule has 1 aromatic heterocycles. The summed E-state index contributed by atoms with van der Waals surface area (Å²) in [7, 11) is -2.27. The molecule has 1 aliphatic heterocycles. The molecule has 2 amide bonds. The van der Waals surface area contributed by atoms with E-state index < -0.39 is 38.4 Å². The van der Waals surface area contributed by atoms with E-state index in [1.165, 1.54) is 26.7 Å². The molecule has 5 N–H and O–H groups in total. The van der Waals surface area contributed by atoms with Crippen LogP contribution in [0.3, 0.4) is 0 Å². The third-order valence-electron chi connectivity index (χ3n) is 8.88. The number of unbranched alkanes of at least 4 members (excludes halogenated alkanes) is 2. The fourth-order valence-corrected chi connectivity index (χ4v) is 11.4. The maximum absolute atomic E-state index is 12.7. The van der Waals surface area contributed by atoms with Crippen LogP contribution in [-0.2, 0) is 9.53 Å². The molecule has 1 aliphatic rings. The maximum atomic E-state index is 12.7. The molecule has 0 bridgehead atoms. The molecule has 0 saturated carbocycles. The minimum Gasteiger partial charge on any atom is -0.394 e. The zero-order valence-electron chi connectivity index (χ0n) is 26.4.